The Bertz CT molecular complexity index is 488. The van der Waals surface area contributed by atoms with Crippen LogP contribution in [0.25, 0.3) is 0 Å². The molecule has 1 rings (SSSR count). The molecule has 0 fully saturated rings. The Kier molecular flexibility index (Phi) is 5.42. The van der Waals surface area contributed by atoms with E-state index in [4.69, 9.17) is 11.6 Å². The van der Waals surface area contributed by atoms with Gasteiger partial charge in [0, 0.05) is 18.5 Å². The summed E-state index contributed by atoms with van der Waals surface area (Å²) in [5, 5.41) is 10.1. The molecule has 18 heavy (non-hydrogen) atoms. The normalized spacial score (nSPS) is 15.3. The molecule has 102 valence electrons. The van der Waals surface area contributed by atoms with Crippen LogP contribution in [-0.4, -0.2) is 42.7 Å². The van der Waals surface area contributed by atoms with E-state index in [0.717, 1.165) is 0 Å². The van der Waals surface area contributed by atoms with Gasteiger partial charge in [0.2, 0.25) is 10.0 Å². The Morgan fingerprint density at radius 1 is 1.56 bits per heavy atom. The van der Waals surface area contributed by atoms with Gasteiger partial charge in [-0.3, -0.25) is 0 Å². The first kappa shape index (κ1) is 15.7. The summed E-state index contributed by atoms with van der Waals surface area (Å²) in [5.74, 6) is 0.439. The van der Waals surface area contributed by atoms with E-state index in [0.29, 0.717) is 5.75 Å². The summed E-state index contributed by atoms with van der Waals surface area (Å²) < 4.78 is 26.1. The lowest BCUT2D eigenvalue weighted by Crippen LogP contribution is -2.42. The number of rotatable bonds is 6. The summed E-state index contributed by atoms with van der Waals surface area (Å²) in [6.45, 7) is 1.52. The Balaban J connectivity index is 2.74. The highest BCUT2D eigenvalue weighted by atomic mass is 35.5. The molecule has 1 aromatic heterocycles. The van der Waals surface area contributed by atoms with E-state index in [9.17, 15) is 13.5 Å². The highest BCUT2D eigenvalue weighted by Crippen LogP contribution is 2.13. The summed E-state index contributed by atoms with van der Waals surface area (Å²) in [6, 6.07) is 2.76. The molecule has 0 aliphatic carbocycles. The quantitative estimate of drug-likeness (QED) is 0.770. The minimum atomic E-state index is -3.67. The van der Waals surface area contributed by atoms with Crippen LogP contribution in [0.15, 0.2) is 23.2 Å². The molecule has 1 atom stereocenters. The van der Waals surface area contributed by atoms with Gasteiger partial charge in [0.25, 0.3) is 0 Å². The molecule has 0 saturated heterocycles. The topological polar surface area (TPSA) is 79.3 Å². The van der Waals surface area contributed by atoms with Gasteiger partial charge in [-0.1, -0.05) is 11.6 Å². The van der Waals surface area contributed by atoms with Crippen LogP contribution < -0.4 is 4.72 Å². The molecule has 5 nitrogen and oxygen atoms in total. The molecule has 1 aromatic rings. The maximum Gasteiger partial charge on any atom is 0.242 e. The van der Waals surface area contributed by atoms with Gasteiger partial charge in [-0.2, -0.15) is 11.8 Å². The number of hydrogen-bond acceptors (Lipinski definition) is 5. The predicted octanol–water partition coefficient (Wildman–Crippen LogP) is 1.13. The fourth-order valence-corrected chi connectivity index (χ4v) is 3.16. The molecule has 0 aliphatic heterocycles. The molecular formula is C10H15ClN2O3S2. The van der Waals surface area contributed by atoms with Crippen LogP contribution in [0.2, 0.25) is 5.15 Å². The van der Waals surface area contributed by atoms with E-state index >= 15 is 0 Å². The number of aliphatic hydroxyl groups is 1. The fraction of sp³-hybridized carbons (Fsp3) is 0.500. The minimum absolute atomic E-state index is 0.0202. The highest BCUT2D eigenvalue weighted by molar-refractivity contribution is 7.98. The fourth-order valence-electron chi connectivity index (χ4n) is 1.22. The van der Waals surface area contributed by atoms with Crippen molar-refractivity contribution in [3.05, 3.63) is 23.5 Å². The first-order valence-corrected chi connectivity index (χ1v) is 8.35. The zero-order valence-electron chi connectivity index (χ0n) is 10.1. The largest absolute Gasteiger partial charge is 0.388 e. The summed E-state index contributed by atoms with van der Waals surface area (Å²) >= 11 is 7.03. The smallest absolute Gasteiger partial charge is 0.242 e. The van der Waals surface area contributed by atoms with Crippen molar-refractivity contribution in [3.8, 4) is 0 Å². The van der Waals surface area contributed by atoms with Crippen LogP contribution in [0, 0.1) is 0 Å². The second kappa shape index (κ2) is 6.21. The van der Waals surface area contributed by atoms with Crippen LogP contribution in [0.4, 0.5) is 0 Å². The van der Waals surface area contributed by atoms with Gasteiger partial charge >= 0.3 is 0 Å². The van der Waals surface area contributed by atoms with Crippen LogP contribution >= 0.6 is 23.4 Å². The summed E-state index contributed by atoms with van der Waals surface area (Å²) in [6.07, 6.45) is 3.01. The summed E-state index contributed by atoms with van der Waals surface area (Å²) in [4.78, 5) is 3.73. The van der Waals surface area contributed by atoms with Gasteiger partial charge in [0.05, 0.1) is 5.60 Å². The molecule has 0 amide bonds. The van der Waals surface area contributed by atoms with Crippen LogP contribution in [0.3, 0.4) is 0 Å². The summed E-state index contributed by atoms with van der Waals surface area (Å²) in [7, 11) is -3.67. The van der Waals surface area contributed by atoms with E-state index in [1.165, 1.54) is 30.1 Å². The average molecular weight is 311 g/mol. The number of nitrogens with zero attached hydrogens (tertiary/aromatic N) is 1. The Hall–Kier alpha value is -0.340. The zero-order valence-corrected chi connectivity index (χ0v) is 12.4. The van der Waals surface area contributed by atoms with Crippen LogP contribution in [-0.2, 0) is 10.0 Å². The third-order valence-electron chi connectivity index (χ3n) is 2.11. The number of aromatic nitrogens is 1. The van der Waals surface area contributed by atoms with Gasteiger partial charge < -0.3 is 5.11 Å². The third-order valence-corrected chi connectivity index (χ3v) is 4.63. The number of hydrogen-bond donors (Lipinski definition) is 2. The molecule has 2 N–H and O–H groups in total. The molecule has 8 heteroatoms. The molecule has 1 heterocycles. The lowest BCUT2D eigenvalue weighted by Gasteiger charge is -2.22. The molecule has 0 saturated carbocycles. The molecule has 0 aromatic carbocycles. The zero-order chi connectivity index (χ0) is 13.8. The SMILES string of the molecule is CSCC(C)(O)CNS(=O)(=O)c1ccc(Cl)nc1. The van der Waals surface area contributed by atoms with Gasteiger partial charge in [-0.25, -0.2) is 18.1 Å². The number of thioether (sulfide) groups is 1. The summed E-state index contributed by atoms with van der Waals surface area (Å²) in [5.41, 5.74) is -1.09. The van der Waals surface area contributed by atoms with E-state index in [1.807, 2.05) is 6.26 Å². The molecule has 0 bridgehead atoms. The molecule has 0 aliphatic rings. The Morgan fingerprint density at radius 2 is 2.22 bits per heavy atom. The second-order valence-corrected chi connectivity index (χ2v) is 7.09. The standard InChI is InChI=1S/C10H15ClN2O3S2/c1-10(14,7-17-2)6-13-18(15,16)8-3-4-9(11)12-5-8/h3-5,13-14H,6-7H2,1-2H3. The number of nitrogens with one attached hydrogen (secondary N) is 1. The number of sulfonamides is 1. The first-order chi connectivity index (χ1) is 8.27. The highest BCUT2D eigenvalue weighted by Gasteiger charge is 2.23. The van der Waals surface area contributed by atoms with Crippen molar-refractivity contribution in [1.82, 2.24) is 9.71 Å². The van der Waals surface area contributed by atoms with Gasteiger partial charge in [0.15, 0.2) is 0 Å². The third kappa shape index (κ3) is 4.74. The Morgan fingerprint density at radius 3 is 2.72 bits per heavy atom. The van der Waals surface area contributed by atoms with Crippen molar-refractivity contribution in [3.63, 3.8) is 0 Å². The monoisotopic (exact) mass is 310 g/mol. The van der Waals surface area contributed by atoms with E-state index in [-0.39, 0.29) is 16.6 Å². The van der Waals surface area contributed by atoms with Crippen LogP contribution in [0.5, 0.6) is 0 Å². The van der Waals surface area contributed by atoms with Gasteiger partial charge in [-0.05, 0) is 25.3 Å². The van der Waals surface area contributed by atoms with Crippen LogP contribution in [0.1, 0.15) is 6.92 Å². The van der Waals surface area contributed by atoms with Crippen molar-refractivity contribution in [2.24, 2.45) is 0 Å². The van der Waals surface area contributed by atoms with Crippen molar-refractivity contribution in [1.29, 1.82) is 0 Å². The Labute approximate surface area is 116 Å². The van der Waals surface area contributed by atoms with Crippen molar-refractivity contribution >= 4 is 33.4 Å². The van der Waals surface area contributed by atoms with E-state index in [2.05, 4.69) is 9.71 Å². The lowest BCUT2D eigenvalue weighted by atomic mass is 10.1. The molecule has 0 spiro atoms. The molecular weight excluding hydrogens is 296 g/mol. The maximum absolute atomic E-state index is 11.9. The van der Waals surface area contributed by atoms with Crippen molar-refractivity contribution in [2.75, 3.05) is 18.6 Å². The number of pyridine rings is 1. The van der Waals surface area contributed by atoms with Crippen molar-refractivity contribution in [2.45, 2.75) is 17.4 Å². The van der Waals surface area contributed by atoms with Gasteiger partial charge in [-0.15, -0.1) is 0 Å². The molecule has 0 radical (unpaired) electrons. The number of halogens is 1. The minimum Gasteiger partial charge on any atom is -0.388 e. The van der Waals surface area contributed by atoms with Gasteiger partial charge in [0.1, 0.15) is 10.0 Å². The van der Waals surface area contributed by atoms with E-state index < -0.39 is 15.6 Å². The lowest BCUT2D eigenvalue weighted by molar-refractivity contribution is 0.0908. The van der Waals surface area contributed by atoms with Crippen molar-refractivity contribution < 1.29 is 13.5 Å². The maximum atomic E-state index is 11.9. The average Bonchev–Trinajstić information content (AvgIpc) is 2.27. The first-order valence-electron chi connectivity index (χ1n) is 5.09. The molecule has 1 unspecified atom stereocenters. The second-order valence-electron chi connectivity index (χ2n) is 4.07. The van der Waals surface area contributed by atoms with E-state index in [1.54, 1.807) is 6.92 Å². The predicted molar refractivity (Wildman–Crippen MR) is 73.4 cm³/mol.